The molecule has 0 atom stereocenters. The molecule has 3 N–H and O–H groups in total. The van der Waals surface area contributed by atoms with Gasteiger partial charge in [0.05, 0.1) is 28.5 Å². The Morgan fingerprint density at radius 3 is 2.69 bits per heavy atom. The van der Waals surface area contributed by atoms with Gasteiger partial charge in [-0.25, -0.2) is 9.97 Å². The number of nitrogens with one attached hydrogen (secondary N) is 1. The monoisotopic (exact) mass is 424 g/mol. The molecule has 0 fully saturated rings. The lowest BCUT2D eigenvalue weighted by atomic mass is 10.3. The number of aryl methyl sites for hydroxylation is 1. The van der Waals surface area contributed by atoms with Gasteiger partial charge in [0.25, 0.3) is 0 Å². The first-order valence-electron chi connectivity index (χ1n) is 6.96. The van der Waals surface area contributed by atoms with E-state index in [1.807, 2.05) is 0 Å². The van der Waals surface area contributed by atoms with Crippen LogP contribution in [-0.2, 0) is 22.2 Å². The van der Waals surface area contributed by atoms with Gasteiger partial charge in [-0.3, -0.25) is 9.59 Å². The van der Waals surface area contributed by atoms with Crippen LogP contribution >= 0.6 is 34.7 Å². The van der Waals surface area contributed by atoms with Gasteiger partial charge >= 0.3 is 6.18 Å². The molecule has 0 bridgehead atoms. The van der Waals surface area contributed by atoms with Gasteiger partial charge in [-0.2, -0.15) is 13.2 Å². The normalized spacial score (nSPS) is 11.4. The Balaban J connectivity index is 1.96. The molecule has 2 heterocycles. The first kappa shape index (κ1) is 20.5. The third-order valence-electron chi connectivity index (χ3n) is 2.96. The number of pyridine rings is 1. The van der Waals surface area contributed by atoms with Gasteiger partial charge < -0.3 is 11.1 Å². The zero-order chi connectivity index (χ0) is 19.5. The van der Waals surface area contributed by atoms with E-state index < -0.39 is 23.6 Å². The summed E-state index contributed by atoms with van der Waals surface area (Å²) in [6, 6.07) is 0.692. The van der Waals surface area contributed by atoms with Gasteiger partial charge in [-0.1, -0.05) is 23.4 Å². The van der Waals surface area contributed by atoms with Crippen LogP contribution in [-0.4, -0.2) is 27.5 Å². The molecule has 0 aromatic carbocycles. The van der Waals surface area contributed by atoms with Gasteiger partial charge in [0.2, 0.25) is 11.8 Å². The number of primary amides is 1. The molecule has 12 heteroatoms. The molecule has 0 aliphatic rings. The van der Waals surface area contributed by atoms with Crippen molar-refractivity contribution in [3.63, 3.8) is 0 Å². The van der Waals surface area contributed by atoms with Crippen molar-refractivity contribution < 1.29 is 22.8 Å². The lowest BCUT2D eigenvalue weighted by molar-refractivity contribution is -0.137. The number of carbonyl (C=O) groups excluding carboxylic acids is 2. The maximum absolute atomic E-state index is 12.6. The Bertz CT molecular complexity index is 842. The van der Waals surface area contributed by atoms with Crippen molar-refractivity contribution >= 4 is 52.3 Å². The number of hydrogen-bond acceptors (Lipinski definition) is 6. The molecule has 140 valence electrons. The maximum Gasteiger partial charge on any atom is 0.417 e. The van der Waals surface area contributed by atoms with Crippen molar-refractivity contribution in [2.75, 3.05) is 11.1 Å². The van der Waals surface area contributed by atoms with E-state index in [2.05, 4.69) is 15.3 Å². The van der Waals surface area contributed by atoms with E-state index in [0.29, 0.717) is 27.2 Å². The molecule has 0 unspecified atom stereocenters. The number of aromatic nitrogens is 2. The van der Waals surface area contributed by atoms with Gasteiger partial charge in [0.15, 0.2) is 10.2 Å². The fraction of sp³-hybridized carbons (Fsp3) is 0.286. The summed E-state index contributed by atoms with van der Waals surface area (Å²) in [5, 5.41) is 2.03. The van der Waals surface area contributed by atoms with E-state index in [1.165, 1.54) is 11.3 Å². The summed E-state index contributed by atoms with van der Waals surface area (Å²) in [5.41, 5.74) is 4.79. The summed E-state index contributed by atoms with van der Waals surface area (Å²) in [6.45, 7) is 1.73. The number of nitrogens with two attached hydrogens (primary N) is 1. The maximum atomic E-state index is 12.6. The molecule has 0 radical (unpaired) electrons. The molecule has 0 saturated carbocycles. The standard InChI is InChI=1S/C14H12ClF3N4O2S2/c1-6-9(3-10(19)23)26-13(21-6)25-5-11(24)22-12-8(15)2-7(4-20-12)14(16,17)18/h2,4H,3,5H2,1H3,(H2,19,23)(H,20,22,24). The highest BCUT2D eigenvalue weighted by Crippen LogP contribution is 2.32. The first-order chi connectivity index (χ1) is 12.1. The molecule has 0 spiro atoms. The summed E-state index contributed by atoms with van der Waals surface area (Å²) < 4.78 is 38.3. The van der Waals surface area contributed by atoms with Gasteiger partial charge in [0.1, 0.15) is 0 Å². The molecule has 0 saturated heterocycles. The van der Waals surface area contributed by atoms with Crippen LogP contribution in [0.25, 0.3) is 0 Å². The number of rotatable bonds is 6. The third-order valence-corrected chi connectivity index (χ3v) is 5.55. The second-order valence-corrected chi connectivity index (χ2v) is 7.73. The minimum Gasteiger partial charge on any atom is -0.369 e. The number of anilines is 1. The van der Waals surface area contributed by atoms with E-state index in [1.54, 1.807) is 6.92 Å². The Hall–Kier alpha value is -1.85. The highest BCUT2D eigenvalue weighted by atomic mass is 35.5. The van der Waals surface area contributed by atoms with Crippen molar-refractivity contribution in [3.8, 4) is 0 Å². The predicted molar refractivity (Wildman–Crippen MR) is 93.4 cm³/mol. The summed E-state index contributed by atoms with van der Waals surface area (Å²) in [4.78, 5) is 31.4. The summed E-state index contributed by atoms with van der Waals surface area (Å²) in [7, 11) is 0. The minimum atomic E-state index is -4.57. The lowest BCUT2D eigenvalue weighted by Crippen LogP contribution is -2.16. The van der Waals surface area contributed by atoms with Gasteiger partial charge in [-0.05, 0) is 13.0 Å². The summed E-state index contributed by atoms with van der Waals surface area (Å²) in [6.07, 6.45) is -3.91. The van der Waals surface area contributed by atoms with E-state index in [0.717, 1.165) is 11.8 Å². The average Bonchev–Trinajstić information content (AvgIpc) is 2.85. The second kappa shape index (κ2) is 8.23. The van der Waals surface area contributed by atoms with Crippen LogP contribution in [0.15, 0.2) is 16.6 Å². The number of thioether (sulfide) groups is 1. The molecule has 0 aliphatic carbocycles. The molecule has 2 aromatic heterocycles. The van der Waals surface area contributed by atoms with Gasteiger partial charge in [-0.15, -0.1) is 11.3 Å². The SMILES string of the molecule is Cc1nc(SCC(=O)Nc2ncc(C(F)(F)F)cc2Cl)sc1CC(N)=O. The Kier molecular flexibility index (Phi) is 6.48. The number of hydrogen-bond donors (Lipinski definition) is 2. The zero-order valence-electron chi connectivity index (χ0n) is 13.2. The van der Waals surface area contributed by atoms with E-state index >= 15 is 0 Å². The number of alkyl halides is 3. The van der Waals surface area contributed by atoms with Crippen LogP contribution in [0, 0.1) is 6.92 Å². The van der Waals surface area contributed by atoms with E-state index in [9.17, 15) is 22.8 Å². The Morgan fingerprint density at radius 1 is 1.42 bits per heavy atom. The fourth-order valence-electron chi connectivity index (χ4n) is 1.77. The molecule has 2 amide bonds. The number of thiazole rings is 1. The van der Waals surface area contributed by atoms with Crippen LogP contribution in [0.2, 0.25) is 5.02 Å². The number of nitrogens with zero attached hydrogens (tertiary/aromatic N) is 2. The van der Waals surface area contributed by atoms with E-state index in [-0.39, 0.29) is 23.0 Å². The quantitative estimate of drug-likeness (QED) is 0.693. The van der Waals surface area contributed by atoms with Crippen LogP contribution < -0.4 is 11.1 Å². The van der Waals surface area contributed by atoms with Crippen molar-refractivity contribution in [2.45, 2.75) is 23.9 Å². The molecular formula is C14H12ClF3N4O2S2. The van der Waals surface area contributed by atoms with Crippen molar-refractivity contribution in [1.82, 2.24) is 9.97 Å². The van der Waals surface area contributed by atoms with Crippen molar-refractivity contribution in [3.05, 3.63) is 33.4 Å². The number of carbonyl (C=O) groups is 2. The van der Waals surface area contributed by atoms with Crippen molar-refractivity contribution in [2.24, 2.45) is 5.73 Å². The topological polar surface area (TPSA) is 98.0 Å². The summed E-state index contributed by atoms with van der Waals surface area (Å²) in [5.74, 6) is -1.19. The highest BCUT2D eigenvalue weighted by molar-refractivity contribution is 8.01. The second-order valence-electron chi connectivity index (χ2n) is 5.02. The molecular weight excluding hydrogens is 413 g/mol. The van der Waals surface area contributed by atoms with Crippen molar-refractivity contribution in [1.29, 1.82) is 0 Å². The first-order valence-corrected chi connectivity index (χ1v) is 9.14. The largest absolute Gasteiger partial charge is 0.417 e. The number of halogens is 4. The molecule has 2 rings (SSSR count). The van der Waals surface area contributed by atoms with Crippen LogP contribution in [0.4, 0.5) is 19.0 Å². The molecule has 26 heavy (non-hydrogen) atoms. The Labute approximate surface area is 159 Å². The highest BCUT2D eigenvalue weighted by Gasteiger charge is 2.31. The third kappa shape index (κ3) is 5.58. The fourth-order valence-corrected chi connectivity index (χ4v) is 4.02. The van der Waals surface area contributed by atoms with Gasteiger partial charge in [0, 0.05) is 11.1 Å². The van der Waals surface area contributed by atoms with Crippen LogP contribution in [0.5, 0.6) is 0 Å². The number of amides is 2. The van der Waals surface area contributed by atoms with E-state index in [4.69, 9.17) is 17.3 Å². The van der Waals surface area contributed by atoms with Crippen LogP contribution in [0.3, 0.4) is 0 Å². The Morgan fingerprint density at radius 2 is 2.12 bits per heavy atom. The predicted octanol–water partition coefficient (Wildman–Crippen LogP) is 3.28. The minimum absolute atomic E-state index is 0.0536. The zero-order valence-corrected chi connectivity index (χ0v) is 15.6. The molecule has 0 aliphatic heterocycles. The van der Waals surface area contributed by atoms with Crippen LogP contribution in [0.1, 0.15) is 16.1 Å². The lowest BCUT2D eigenvalue weighted by Gasteiger charge is -2.09. The summed E-state index contributed by atoms with van der Waals surface area (Å²) >= 11 is 8.09. The smallest absolute Gasteiger partial charge is 0.369 e. The molecule has 2 aromatic rings. The molecule has 6 nitrogen and oxygen atoms in total. The average molecular weight is 425 g/mol.